The molecule has 0 fully saturated rings. The molecular formula is C9H11N3O5. The molecule has 0 atom stereocenters. The van der Waals surface area contributed by atoms with Crippen LogP contribution in [0.2, 0.25) is 0 Å². The number of ether oxygens (including phenoxy) is 2. The Morgan fingerprint density at radius 2 is 2.24 bits per heavy atom. The molecule has 0 unspecified atom stereocenters. The minimum absolute atomic E-state index is 0.0275. The Kier molecular flexibility index (Phi) is 4.32. The summed E-state index contributed by atoms with van der Waals surface area (Å²) in [7, 11) is 1.25. The Balaban J connectivity index is 3.06. The Bertz CT molecular complexity index is 435. The van der Waals surface area contributed by atoms with Crippen LogP contribution in [0, 0.1) is 10.1 Å². The topological polar surface area (TPSA) is 104 Å². The van der Waals surface area contributed by atoms with Gasteiger partial charge in [-0.1, -0.05) is 0 Å². The molecule has 0 aliphatic rings. The first kappa shape index (κ1) is 12.8. The summed E-state index contributed by atoms with van der Waals surface area (Å²) in [5, 5.41) is 10.8. The number of rotatable bonds is 5. The Hall–Kier alpha value is -2.25. The lowest BCUT2D eigenvalue weighted by molar-refractivity contribution is -0.387. The first-order chi connectivity index (χ1) is 8.10. The average Bonchev–Trinajstić information content (AvgIpc) is 2.28. The van der Waals surface area contributed by atoms with Crippen LogP contribution in [-0.4, -0.2) is 34.6 Å². The summed E-state index contributed by atoms with van der Waals surface area (Å²) in [6.07, 6.45) is 0.809. The molecule has 0 aromatic carbocycles. The molecule has 0 bridgehead atoms. The average molecular weight is 241 g/mol. The van der Waals surface area contributed by atoms with Crippen molar-refractivity contribution in [1.82, 2.24) is 9.97 Å². The second kappa shape index (κ2) is 5.73. The minimum Gasteiger partial charge on any atom is -0.476 e. The van der Waals surface area contributed by atoms with E-state index >= 15 is 0 Å². The Labute approximate surface area is 96.7 Å². The molecule has 1 heterocycles. The van der Waals surface area contributed by atoms with Crippen LogP contribution in [0.3, 0.4) is 0 Å². The summed E-state index contributed by atoms with van der Waals surface area (Å²) in [6.45, 7) is 1.85. The van der Waals surface area contributed by atoms with Crippen LogP contribution in [0.4, 0.5) is 5.69 Å². The molecule has 1 rings (SSSR count). The van der Waals surface area contributed by atoms with Crippen molar-refractivity contribution in [3.05, 3.63) is 22.1 Å². The molecule has 17 heavy (non-hydrogen) atoms. The van der Waals surface area contributed by atoms with Crippen molar-refractivity contribution in [3.8, 4) is 5.88 Å². The van der Waals surface area contributed by atoms with Crippen molar-refractivity contribution < 1.29 is 19.2 Å². The maximum absolute atomic E-state index is 11.2. The second-order valence-corrected chi connectivity index (χ2v) is 2.92. The van der Waals surface area contributed by atoms with Crippen LogP contribution < -0.4 is 4.74 Å². The van der Waals surface area contributed by atoms with Gasteiger partial charge in [-0.15, -0.1) is 0 Å². The molecular weight excluding hydrogens is 230 g/mol. The van der Waals surface area contributed by atoms with Crippen molar-refractivity contribution in [2.75, 3.05) is 13.7 Å². The monoisotopic (exact) mass is 241 g/mol. The quantitative estimate of drug-likeness (QED) is 0.420. The van der Waals surface area contributed by atoms with E-state index in [4.69, 9.17) is 9.47 Å². The fourth-order valence-corrected chi connectivity index (χ4v) is 1.21. The largest absolute Gasteiger partial charge is 0.476 e. The van der Waals surface area contributed by atoms with Crippen molar-refractivity contribution >= 4 is 11.7 Å². The van der Waals surface area contributed by atoms with Crippen LogP contribution in [-0.2, 0) is 16.0 Å². The first-order valence-corrected chi connectivity index (χ1v) is 4.78. The fraction of sp³-hybridized carbons (Fsp3) is 0.444. The summed E-state index contributed by atoms with van der Waals surface area (Å²) >= 11 is 0. The number of esters is 1. The van der Waals surface area contributed by atoms with E-state index in [1.54, 1.807) is 6.92 Å². The standard InChI is InChI=1S/C9H11N3O5/c1-3-17-7(13)4-6-8(12(14)15)9(16-2)11-5-10-6/h5H,3-4H2,1-2H3. The third-order valence-corrected chi connectivity index (χ3v) is 1.86. The number of carbonyl (C=O) groups is 1. The molecule has 1 aromatic heterocycles. The summed E-state index contributed by atoms with van der Waals surface area (Å²) < 4.78 is 9.44. The van der Waals surface area contributed by atoms with Crippen LogP contribution in [0.1, 0.15) is 12.6 Å². The van der Waals surface area contributed by atoms with Gasteiger partial charge in [0.2, 0.25) is 0 Å². The number of aromatic nitrogens is 2. The van der Waals surface area contributed by atoms with Gasteiger partial charge in [-0.05, 0) is 6.92 Å². The number of hydrogen-bond donors (Lipinski definition) is 0. The van der Waals surface area contributed by atoms with E-state index in [1.807, 2.05) is 0 Å². The maximum Gasteiger partial charge on any atom is 0.352 e. The highest BCUT2D eigenvalue weighted by molar-refractivity contribution is 5.73. The molecule has 0 spiro atoms. The molecule has 1 aromatic rings. The molecule has 0 saturated carbocycles. The third-order valence-electron chi connectivity index (χ3n) is 1.86. The van der Waals surface area contributed by atoms with Crippen molar-refractivity contribution in [2.45, 2.75) is 13.3 Å². The van der Waals surface area contributed by atoms with Crippen molar-refractivity contribution in [3.63, 3.8) is 0 Å². The lowest BCUT2D eigenvalue weighted by Crippen LogP contribution is -2.11. The van der Waals surface area contributed by atoms with E-state index in [9.17, 15) is 14.9 Å². The zero-order chi connectivity index (χ0) is 12.8. The van der Waals surface area contributed by atoms with Gasteiger partial charge in [-0.25, -0.2) is 4.98 Å². The van der Waals surface area contributed by atoms with Gasteiger partial charge >= 0.3 is 11.7 Å². The van der Waals surface area contributed by atoms with Crippen LogP contribution in [0.5, 0.6) is 5.88 Å². The van der Waals surface area contributed by atoms with E-state index in [-0.39, 0.29) is 24.6 Å². The minimum atomic E-state index is -0.687. The van der Waals surface area contributed by atoms with E-state index in [0.717, 1.165) is 6.33 Å². The van der Waals surface area contributed by atoms with Crippen molar-refractivity contribution in [1.29, 1.82) is 0 Å². The zero-order valence-electron chi connectivity index (χ0n) is 9.37. The first-order valence-electron chi connectivity index (χ1n) is 4.78. The number of nitro groups is 1. The predicted octanol–water partition coefficient (Wildman–Crippen LogP) is 0.499. The zero-order valence-corrected chi connectivity index (χ0v) is 9.37. The van der Waals surface area contributed by atoms with Gasteiger partial charge in [0.05, 0.1) is 25.1 Å². The smallest absolute Gasteiger partial charge is 0.352 e. The summed E-state index contributed by atoms with van der Waals surface area (Å²) in [6, 6.07) is 0. The highest BCUT2D eigenvalue weighted by Crippen LogP contribution is 2.26. The highest BCUT2D eigenvalue weighted by atomic mass is 16.6. The van der Waals surface area contributed by atoms with Gasteiger partial charge in [0, 0.05) is 0 Å². The molecule has 0 radical (unpaired) electrons. The predicted molar refractivity (Wildman–Crippen MR) is 55.6 cm³/mol. The van der Waals surface area contributed by atoms with Gasteiger partial charge in [0.1, 0.15) is 12.0 Å². The lowest BCUT2D eigenvalue weighted by Gasteiger charge is -2.04. The molecule has 0 N–H and O–H groups in total. The van der Waals surface area contributed by atoms with E-state index in [0.29, 0.717) is 0 Å². The molecule has 0 aliphatic heterocycles. The van der Waals surface area contributed by atoms with E-state index in [1.165, 1.54) is 7.11 Å². The molecule has 8 nitrogen and oxygen atoms in total. The summed E-state index contributed by atoms with van der Waals surface area (Å²) in [4.78, 5) is 28.7. The molecule has 0 saturated heterocycles. The lowest BCUT2D eigenvalue weighted by atomic mass is 10.2. The number of nitrogens with zero attached hydrogens (tertiary/aromatic N) is 3. The van der Waals surface area contributed by atoms with Gasteiger partial charge in [-0.3, -0.25) is 14.9 Å². The van der Waals surface area contributed by atoms with Crippen LogP contribution in [0.15, 0.2) is 6.33 Å². The maximum atomic E-state index is 11.2. The molecule has 8 heteroatoms. The van der Waals surface area contributed by atoms with E-state index in [2.05, 4.69) is 9.97 Å². The third kappa shape index (κ3) is 3.10. The number of methoxy groups -OCH3 is 1. The summed E-state index contributed by atoms with van der Waals surface area (Å²) in [5.74, 6) is -0.763. The van der Waals surface area contributed by atoms with E-state index < -0.39 is 16.6 Å². The normalized spacial score (nSPS) is 9.76. The summed E-state index contributed by atoms with van der Waals surface area (Å²) in [5.41, 5.74) is -0.441. The Morgan fingerprint density at radius 1 is 1.53 bits per heavy atom. The number of carbonyl (C=O) groups excluding carboxylic acids is 1. The van der Waals surface area contributed by atoms with Crippen molar-refractivity contribution in [2.24, 2.45) is 0 Å². The second-order valence-electron chi connectivity index (χ2n) is 2.92. The number of hydrogen-bond acceptors (Lipinski definition) is 7. The fourth-order valence-electron chi connectivity index (χ4n) is 1.21. The SMILES string of the molecule is CCOC(=O)Cc1ncnc(OC)c1[N+](=O)[O-]. The van der Waals surface area contributed by atoms with Gasteiger partial charge in [-0.2, -0.15) is 4.98 Å². The van der Waals surface area contributed by atoms with Gasteiger partial charge in [0.15, 0.2) is 0 Å². The molecule has 0 aliphatic carbocycles. The van der Waals surface area contributed by atoms with Crippen LogP contribution >= 0.6 is 0 Å². The van der Waals surface area contributed by atoms with Crippen LogP contribution in [0.25, 0.3) is 0 Å². The highest BCUT2D eigenvalue weighted by Gasteiger charge is 2.25. The molecule has 92 valence electrons. The molecule has 0 amide bonds. The Morgan fingerprint density at radius 3 is 2.76 bits per heavy atom. The van der Waals surface area contributed by atoms with Gasteiger partial charge < -0.3 is 9.47 Å². The van der Waals surface area contributed by atoms with Gasteiger partial charge in [0.25, 0.3) is 5.88 Å².